The largest absolute Gasteiger partial charge is 0.495 e. The van der Waals surface area contributed by atoms with E-state index in [1.807, 2.05) is 0 Å². The van der Waals surface area contributed by atoms with E-state index in [2.05, 4.69) is 0 Å². The number of nitrogens with zero attached hydrogens (tertiary/aromatic N) is 1. The SMILES string of the molecule is COc1cc(/C=C/[N+](=O)[O-])ccc1Cl. The number of methoxy groups -OCH3 is 1. The maximum Gasteiger partial charge on any atom is 0.235 e. The van der Waals surface area contributed by atoms with Gasteiger partial charge in [0.25, 0.3) is 0 Å². The number of hydrogen-bond donors (Lipinski definition) is 0. The number of hydrogen-bond acceptors (Lipinski definition) is 3. The van der Waals surface area contributed by atoms with Crippen LogP contribution in [-0.2, 0) is 0 Å². The van der Waals surface area contributed by atoms with Crippen molar-refractivity contribution in [2.75, 3.05) is 7.11 Å². The number of rotatable bonds is 3. The zero-order chi connectivity index (χ0) is 10.6. The summed E-state index contributed by atoms with van der Waals surface area (Å²) in [4.78, 5) is 9.53. The predicted molar refractivity (Wildman–Crippen MR) is 54.0 cm³/mol. The van der Waals surface area contributed by atoms with Gasteiger partial charge in [-0.15, -0.1) is 0 Å². The van der Waals surface area contributed by atoms with Crippen LogP contribution in [0, 0.1) is 10.1 Å². The van der Waals surface area contributed by atoms with Gasteiger partial charge in [0.1, 0.15) is 5.75 Å². The Bertz CT molecular complexity index is 376. The van der Waals surface area contributed by atoms with Crippen LogP contribution < -0.4 is 4.74 Å². The molecule has 0 heterocycles. The Kier molecular flexibility index (Phi) is 3.48. The van der Waals surface area contributed by atoms with Gasteiger partial charge in [-0.3, -0.25) is 10.1 Å². The Hall–Kier alpha value is -1.55. The van der Waals surface area contributed by atoms with Gasteiger partial charge < -0.3 is 4.74 Å². The van der Waals surface area contributed by atoms with E-state index < -0.39 is 4.92 Å². The summed E-state index contributed by atoms with van der Waals surface area (Å²) in [6.45, 7) is 0. The highest BCUT2D eigenvalue weighted by molar-refractivity contribution is 6.32. The molecule has 14 heavy (non-hydrogen) atoms. The van der Waals surface area contributed by atoms with Crippen molar-refractivity contribution in [2.45, 2.75) is 0 Å². The lowest BCUT2D eigenvalue weighted by molar-refractivity contribution is -0.400. The van der Waals surface area contributed by atoms with Gasteiger partial charge in [0.15, 0.2) is 0 Å². The Morgan fingerprint density at radius 1 is 1.57 bits per heavy atom. The molecule has 0 aliphatic carbocycles. The van der Waals surface area contributed by atoms with Crippen LogP contribution in [0.4, 0.5) is 0 Å². The molecule has 0 spiro atoms. The molecule has 0 saturated heterocycles. The normalized spacial score (nSPS) is 10.4. The Balaban J connectivity index is 2.95. The summed E-state index contributed by atoms with van der Waals surface area (Å²) < 4.78 is 4.96. The second-order valence-electron chi connectivity index (χ2n) is 2.50. The molecule has 5 heteroatoms. The third kappa shape index (κ3) is 2.74. The van der Waals surface area contributed by atoms with Crippen molar-refractivity contribution in [1.82, 2.24) is 0 Å². The summed E-state index contributed by atoms with van der Waals surface area (Å²) in [6.07, 6.45) is 2.24. The third-order valence-electron chi connectivity index (χ3n) is 1.56. The van der Waals surface area contributed by atoms with Crippen molar-refractivity contribution in [2.24, 2.45) is 0 Å². The van der Waals surface area contributed by atoms with Crippen LogP contribution in [0.3, 0.4) is 0 Å². The zero-order valence-corrected chi connectivity index (χ0v) is 8.19. The molecular formula is C9H8ClNO3. The van der Waals surface area contributed by atoms with Crippen LogP contribution in [0.15, 0.2) is 24.4 Å². The molecule has 0 amide bonds. The zero-order valence-electron chi connectivity index (χ0n) is 7.44. The molecule has 0 saturated carbocycles. The fourth-order valence-electron chi connectivity index (χ4n) is 0.927. The monoisotopic (exact) mass is 213 g/mol. The first-order valence-electron chi connectivity index (χ1n) is 3.78. The number of benzene rings is 1. The van der Waals surface area contributed by atoms with E-state index in [1.165, 1.54) is 13.2 Å². The van der Waals surface area contributed by atoms with Crippen molar-refractivity contribution >= 4 is 17.7 Å². The summed E-state index contributed by atoms with van der Waals surface area (Å²) in [5.41, 5.74) is 0.669. The molecular weight excluding hydrogens is 206 g/mol. The quantitative estimate of drug-likeness (QED) is 0.573. The van der Waals surface area contributed by atoms with Gasteiger partial charge in [-0.2, -0.15) is 0 Å². The molecule has 1 rings (SSSR count). The Morgan fingerprint density at radius 3 is 2.86 bits per heavy atom. The highest BCUT2D eigenvalue weighted by atomic mass is 35.5. The number of nitro groups is 1. The van der Waals surface area contributed by atoms with Gasteiger partial charge in [-0.25, -0.2) is 0 Å². The van der Waals surface area contributed by atoms with Crippen LogP contribution in [0.1, 0.15) is 5.56 Å². The Labute approximate surface area is 85.9 Å². The van der Waals surface area contributed by atoms with Crippen molar-refractivity contribution < 1.29 is 9.66 Å². The first-order valence-corrected chi connectivity index (χ1v) is 4.16. The van der Waals surface area contributed by atoms with Crippen LogP contribution in [0.2, 0.25) is 5.02 Å². The van der Waals surface area contributed by atoms with Crippen molar-refractivity contribution in [3.05, 3.63) is 45.1 Å². The predicted octanol–water partition coefficient (Wildman–Crippen LogP) is 2.60. The van der Waals surface area contributed by atoms with Crippen LogP contribution in [-0.4, -0.2) is 12.0 Å². The third-order valence-corrected chi connectivity index (χ3v) is 1.88. The molecule has 0 fully saturated rings. The van der Waals surface area contributed by atoms with Gasteiger partial charge in [0.05, 0.1) is 17.1 Å². The van der Waals surface area contributed by atoms with E-state index >= 15 is 0 Å². The summed E-state index contributed by atoms with van der Waals surface area (Å²) in [7, 11) is 1.49. The van der Waals surface area contributed by atoms with Gasteiger partial charge in [0, 0.05) is 6.08 Å². The lowest BCUT2D eigenvalue weighted by atomic mass is 10.2. The van der Waals surface area contributed by atoms with Crippen molar-refractivity contribution in [1.29, 1.82) is 0 Å². The van der Waals surface area contributed by atoms with Gasteiger partial charge >= 0.3 is 0 Å². The highest BCUT2D eigenvalue weighted by Gasteiger charge is 2.00. The van der Waals surface area contributed by atoms with E-state index in [0.29, 0.717) is 16.3 Å². The molecule has 1 aromatic rings. The molecule has 4 nitrogen and oxygen atoms in total. The summed E-state index contributed by atoms with van der Waals surface area (Å²) in [5, 5.41) is 10.5. The topological polar surface area (TPSA) is 52.4 Å². The molecule has 1 aromatic carbocycles. The first-order chi connectivity index (χ1) is 6.63. The molecule has 0 bridgehead atoms. The average Bonchev–Trinajstić information content (AvgIpc) is 2.16. The Morgan fingerprint density at radius 2 is 2.29 bits per heavy atom. The minimum Gasteiger partial charge on any atom is -0.495 e. The van der Waals surface area contributed by atoms with E-state index in [1.54, 1.807) is 18.2 Å². The van der Waals surface area contributed by atoms with Gasteiger partial charge in [-0.05, 0) is 17.7 Å². The minimum absolute atomic E-state index is 0.478. The average molecular weight is 214 g/mol. The second kappa shape index (κ2) is 4.62. The fraction of sp³-hybridized carbons (Fsp3) is 0.111. The van der Waals surface area contributed by atoms with Crippen LogP contribution >= 0.6 is 11.6 Å². The lowest BCUT2D eigenvalue weighted by Crippen LogP contribution is -1.86. The molecule has 0 aliphatic heterocycles. The van der Waals surface area contributed by atoms with E-state index in [4.69, 9.17) is 16.3 Å². The van der Waals surface area contributed by atoms with Crippen LogP contribution in [0.5, 0.6) is 5.75 Å². The molecule has 0 aromatic heterocycles. The maximum atomic E-state index is 10.1. The van der Waals surface area contributed by atoms with Crippen molar-refractivity contribution in [3.8, 4) is 5.75 Å². The summed E-state index contributed by atoms with van der Waals surface area (Å²) in [5.74, 6) is 0.497. The van der Waals surface area contributed by atoms with E-state index in [9.17, 15) is 10.1 Å². The van der Waals surface area contributed by atoms with E-state index in [0.717, 1.165) is 6.20 Å². The molecule has 0 radical (unpaired) electrons. The molecule has 0 N–H and O–H groups in total. The summed E-state index contributed by atoms with van der Waals surface area (Å²) >= 11 is 5.78. The van der Waals surface area contributed by atoms with Gasteiger partial charge in [0.2, 0.25) is 6.20 Å². The van der Waals surface area contributed by atoms with Crippen molar-refractivity contribution in [3.63, 3.8) is 0 Å². The standard InChI is InChI=1S/C9H8ClNO3/c1-14-9-6-7(2-3-8(9)10)4-5-11(12)13/h2-6H,1H3/b5-4+. The molecule has 0 aliphatic rings. The molecule has 0 atom stereocenters. The molecule has 0 unspecified atom stereocenters. The highest BCUT2D eigenvalue weighted by Crippen LogP contribution is 2.25. The minimum atomic E-state index is -0.527. The smallest absolute Gasteiger partial charge is 0.235 e. The summed E-state index contributed by atoms with van der Waals surface area (Å²) in [6, 6.07) is 4.92. The maximum absolute atomic E-state index is 10.1. The van der Waals surface area contributed by atoms with E-state index in [-0.39, 0.29) is 0 Å². The number of ether oxygens (including phenoxy) is 1. The fourth-order valence-corrected chi connectivity index (χ4v) is 1.12. The second-order valence-corrected chi connectivity index (χ2v) is 2.90. The van der Waals surface area contributed by atoms with Crippen LogP contribution in [0.25, 0.3) is 6.08 Å². The molecule has 74 valence electrons. The number of halogens is 1. The van der Waals surface area contributed by atoms with Gasteiger partial charge in [-0.1, -0.05) is 17.7 Å². The first kappa shape index (κ1) is 10.5. The lowest BCUT2D eigenvalue weighted by Gasteiger charge is -2.02.